The van der Waals surface area contributed by atoms with E-state index >= 15 is 0 Å². The molecule has 0 atom stereocenters. The van der Waals surface area contributed by atoms with Crippen LogP contribution in [0.1, 0.15) is 5.56 Å². The number of rotatable bonds is 0. The third-order valence-electron chi connectivity index (χ3n) is 2.08. The highest BCUT2D eigenvalue weighted by molar-refractivity contribution is 7.80. The molecule has 3 heteroatoms. The van der Waals surface area contributed by atoms with Gasteiger partial charge in [-0.05, 0) is 24.6 Å². The van der Waals surface area contributed by atoms with Crippen LogP contribution in [0.3, 0.4) is 0 Å². The van der Waals surface area contributed by atoms with Gasteiger partial charge in [-0.2, -0.15) is 0 Å². The summed E-state index contributed by atoms with van der Waals surface area (Å²) in [6, 6.07) is 6.31. The summed E-state index contributed by atoms with van der Waals surface area (Å²) >= 11 is 4.30. The Bertz CT molecular complexity index is 431. The monoisotopic (exact) mass is 179 g/mol. The molecule has 0 spiro atoms. The number of hydrogen-bond acceptors (Lipinski definition) is 1. The topological polar surface area (TPSA) is 19.7 Å². The van der Waals surface area contributed by atoms with Crippen molar-refractivity contribution in [1.29, 1.82) is 0 Å². The summed E-state index contributed by atoms with van der Waals surface area (Å²) in [6.07, 6.45) is 0. The molecule has 1 N–H and O–H groups in total. The number of thiol groups is 1. The van der Waals surface area contributed by atoms with Crippen molar-refractivity contribution in [1.82, 2.24) is 4.98 Å². The van der Waals surface area contributed by atoms with Crippen LogP contribution in [0.5, 0.6) is 0 Å². The lowest BCUT2D eigenvalue weighted by Gasteiger charge is -1.89. The number of aromatic amines is 1. The fourth-order valence-corrected chi connectivity index (χ4v) is 1.57. The number of nitrogens with one attached hydrogen (secondary N) is 1. The van der Waals surface area contributed by atoms with Crippen LogP contribution in [0.4, 0.5) is 0 Å². The molecule has 2 aromatic rings. The number of fused-ring (bicyclic) bond motifs is 1. The highest BCUT2D eigenvalue weighted by Crippen LogP contribution is 2.12. The number of hydrogen-bond donors (Lipinski definition) is 2. The average Bonchev–Trinajstić information content (AvgIpc) is 2.31. The quantitative estimate of drug-likeness (QED) is 0.452. The molecule has 0 radical (unpaired) electrons. The first-order valence-corrected chi connectivity index (χ1v) is 4.30. The SMILES string of the molecule is Cc1ccc2[nH]c(S)[n+](C)c2c1. The molecule has 2 nitrogen and oxygen atoms in total. The predicted octanol–water partition coefficient (Wildman–Crippen LogP) is 1.59. The van der Waals surface area contributed by atoms with Crippen molar-refractivity contribution in [3.05, 3.63) is 23.8 Å². The number of benzene rings is 1. The van der Waals surface area contributed by atoms with E-state index in [1.807, 2.05) is 11.6 Å². The largest absolute Gasteiger partial charge is 0.313 e. The van der Waals surface area contributed by atoms with Crippen LogP contribution in [0.2, 0.25) is 0 Å². The molecule has 62 valence electrons. The van der Waals surface area contributed by atoms with Crippen LogP contribution in [-0.4, -0.2) is 4.98 Å². The van der Waals surface area contributed by atoms with Crippen molar-refractivity contribution < 1.29 is 4.57 Å². The maximum absolute atomic E-state index is 4.30. The van der Waals surface area contributed by atoms with Gasteiger partial charge in [0.1, 0.15) is 0 Å². The summed E-state index contributed by atoms with van der Waals surface area (Å²) in [6.45, 7) is 2.09. The van der Waals surface area contributed by atoms with Crippen LogP contribution in [0.25, 0.3) is 11.0 Å². The summed E-state index contributed by atoms with van der Waals surface area (Å²) in [7, 11) is 2.00. The molecule has 1 aromatic carbocycles. The molecule has 0 bridgehead atoms. The Balaban J connectivity index is 2.88. The lowest BCUT2D eigenvalue weighted by molar-refractivity contribution is -0.683. The van der Waals surface area contributed by atoms with Gasteiger partial charge in [0.15, 0.2) is 11.0 Å². The van der Waals surface area contributed by atoms with Crippen molar-refractivity contribution in [2.75, 3.05) is 0 Å². The van der Waals surface area contributed by atoms with Crippen LogP contribution < -0.4 is 4.57 Å². The first-order valence-electron chi connectivity index (χ1n) is 3.86. The van der Waals surface area contributed by atoms with Crippen LogP contribution in [0.15, 0.2) is 23.4 Å². The zero-order chi connectivity index (χ0) is 8.72. The first-order chi connectivity index (χ1) is 5.68. The Hall–Kier alpha value is -0.960. The first kappa shape index (κ1) is 7.68. The van der Waals surface area contributed by atoms with Gasteiger partial charge in [-0.3, -0.25) is 0 Å². The van der Waals surface area contributed by atoms with Gasteiger partial charge in [-0.25, -0.2) is 9.55 Å². The Labute approximate surface area is 76.6 Å². The fourth-order valence-electron chi connectivity index (χ4n) is 1.34. The van der Waals surface area contributed by atoms with Gasteiger partial charge in [0.05, 0.1) is 7.05 Å². The van der Waals surface area contributed by atoms with Crippen molar-refractivity contribution in [3.63, 3.8) is 0 Å². The van der Waals surface area contributed by atoms with Crippen molar-refractivity contribution in [3.8, 4) is 0 Å². The Morgan fingerprint density at radius 3 is 2.92 bits per heavy atom. The molecule has 12 heavy (non-hydrogen) atoms. The number of aromatic nitrogens is 2. The van der Waals surface area contributed by atoms with E-state index in [4.69, 9.17) is 0 Å². The minimum atomic E-state index is 0.885. The maximum atomic E-state index is 4.30. The second kappa shape index (κ2) is 2.52. The standard InChI is InChI=1S/C9H10N2S/c1-6-3-4-7-8(5-6)11(2)9(12)10-7/h3-5H,1-2H3,(H,10,12)/p+1. The number of nitrogens with zero attached hydrogens (tertiary/aromatic N) is 1. The van der Waals surface area contributed by atoms with Gasteiger partial charge in [0, 0.05) is 0 Å². The highest BCUT2D eigenvalue weighted by atomic mass is 32.1. The molecule has 1 aromatic heterocycles. The third kappa shape index (κ3) is 1.01. The lowest BCUT2D eigenvalue weighted by atomic mass is 10.2. The molecule has 0 amide bonds. The number of aryl methyl sites for hydroxylation is 2. The third-order valence-corrected chi connectivity index (χ3v) is 2.49. The van der Waals surface area contributed by atoms with Crippen LogP contribution in [0, 0.1) is 6.92 Å². The van der Waals surface area contributed by atoms with Gasteiger partial charge in [-0.15, -0.1) is 0 Å². The van der Waals surface area contributed by atoms with Crippen LogP contribution in [-0.2, 0) is 7.05 Å². The molecule has 0 aliphatic heterocycles. The van der Waals surface area contributed by atoms with E-state index in [1.165, 1.54) is 11.1 Å². The zero-order valence-electron chi connectivity index (χ0n) is 7.13. The molecule has 2 rings (SSSR count). The fraction of sp³-hybridized carbons (Fsp3) is 0.222. The van der Waals surface area contributed by atoms with E-state index in [1.54, 1.807) is 0 Å². The van der Waals surface area contributed by atoms with Gasteiger partial charge in [0.25, 0.3) is 0 Å². The minimum Gasteiger partial charge on any atom is -0.231 e. The molecular formula is C9H11N2S+. The molecule has 0 saturated heterocycles. The van der Waals surface area contributed by atoms with E-state index in [9.17, 15) is 0 Å². The zero-order valence-corrected chi connectivity index (χ0v) is 8.02. The molecular weight excluding hydrogens is 168 g/mol. The molecule has 0 aliphatic carbocycles. The minimum absolute atomic E-state index is 0.885. The molecule has 0 fully saturated rings. The summed E-state index contributed by atoms with van der Waals surface area (Å²) in [4.78, 5) is 3.18. The maximum Gasteiger partial charge on any atom is 0.313 e. The molecule has 0 aliphatic rings. The average molecular weight is 179 g/mol. The summed E-state index contributed by atoms with van der Waals surface area (Å²) in [5.74, 6) is 0. The summed E-state index contributed by atoms with van der Waals surface area (Å²) < 4.78 is 2.03. The second-order valence-electron chi connectivity index (χ2n) is 3.03. The number of imidazole rings is 1. The van der Waals surface area contributed by atoms with Gasteiger partial charge in [-0.1, -0.05) is 18.7 Å². The smallest absolute Gasteiger partial charge is 0.231 e. The van der Waals surface area contributed by atoms with Crippen molar-refractivity contribution in [2.45, 2.75) is 12.1 Å². The normalized spacial score (nSPS) is 10.9. The van der Waals surface area contributed by atoms with Gasteiger partial charge in [0.2, 0.25) is 0 Å². The second-order valence-corrected chi connectivity index (χ2v) is 3.45. The highest BCUT2D eigenvalue weighted by Gasteiger charge is 2.10. The van der Waals surface area contributed by atoms with E-state index in [0.29, 0.717) is 0 Å². The van der Waals surface area contributed by atoms with E-state index in [-0.39, 0.29) is 0 Å². The van der Waals surface area contributed by atoms with E-state index in [0.717, 1.165) is 10.7 Å². The Kier molecular flexibility index (Phi) is 1.61. The molecule has 0 unspecified atom stereocenters. The Morgan fingerprint density at radius 1 is 1.42 bits per heavy atom. The Morgan fingerprint density at radius 2 is 2.17 bits per heavy atom. The van der Waals surface area contributed by atoms with Gasteiger partial charge >= 0.3 is 5.16 Å². The summed E-state index contributed by atoms with van der Waals surface area (Å²) in [5.41, 5.74) is 3.60. The molecule has 1 heterocycles. The van der Waals surface area contributed by atoms with Gasteiger partial charge < -0.3 is 0 Å². The van der Waals surface area contributed by atoms with Crippen LogP contribution >= 0.6 is 12.6 Å². The van der Waals surface area contributed by atoms with Crippen molar-refractivity contribution in [2.24, 2.45) is 7.05 Å². The molecule has 0 saturated carbocycles. The van der Waals surface area contributed by atoms with Crippen molar-refractivity contribution >= 4 is 23.7 Å². The summed E-state index contributed by atoms with van der Waals surface area (Å²) in [5, 5.41) is 0.885. The number of H-pyrrole nitrogens is 1. The predicted molar refractivity (Wildman–Crippen MR) is 51.5 cm³/mol. The lowest BCUT2D eigenvalue weighted by Crippen LogP contribution is -2.27. The van der Waals surface area contributed by atoms with E-state index < -0.39 is 0 Å². The van der Waals surface area contributed by atoms with E-state index in [2.05, 4.69) is 42.7 Å².